The van der Waals surface area contributed by atoms with Gasteiger partial charge in [0.05, 0.1) is 12.2 Å². The summed E-state index contributed by atoms with van der Waals surface area (Å²) in [6, 6.07) is 7.10. The van der Waals surface area contributed by atoms with Gasteiger partial charge >= 0.3 is 0 Å². The molecule has 1 aromatic carbocycles. The van der Waals surface area contributed by atoms with Crippen molar-refractivity contribution in [2.75, 3.05) is 26.2 Å². The zero-order valence-corrected chi connectivity index (χ0v) is 15.8. The van der Waals surface area contributed by atoms with E-state index in [1.54, 1.807) is 12.1 Å². The third-order valence-corrected chi connectivity index (χ3v) is 4.47. The van der Waals surface area contributed by atoms with Crippen LogP contribution in [-0.2, 0) is 0 Å². The van der Waals surface area contributed by atoms with Crippen LogP contribution in [0.2, 0.25) is 0 Å². The first-order valence-electron chi connectivity index (χ1n) is 9.21. The SMILES string of the molecule is CCN(CC)CCCCCOc1ccc2cc(C(C)=O)c(=NO)oc2c1. The lowest BCUT2D eigenvalue weighted by molar-refractivity contribution is 0.101. The number of carbonyl (C=O) groups is 1. The number of ether oxygens (including phenoxy) is 1. The molecule has 6 nitrogen and oxygen atoms in total. The lowest BCUT2D eigenvalue weighted by atomic mass is 10.1. The number of nitrogens with zero attached hydrogens (tertiary/aromatic N) is 2. The maximum absolute atomic E-state index is 11.6. The summed E-state index contributed by atoms with van der Waals surface area (Å²) in [5, 5.41) is 12.9. The van der Waals surface area contributed by atoms with Crippen molar-refractivity contribution in [1.82, 2.24) is 4.90 Å². The quantitative estimate of drug-likeness (QED) is 0.302. The highest BCUT2D eigenvalue weighted by Gasteiger charge is 2.09. The Morgan fingerprint density at radius 1 is 1.19 bits per heavy atom. The van der Waals surface area contributed by atoms with Gasteiger partial charge in [0.1, 0.15) is 11.3 Å². The second kappa shape index (κ2) is 9.97. The van der Waals surface area contributed by atoms with Gasteiger partial charge in [-0.25, -0.2) is 0 Å². The van der Waals surface area contributed by atoms with Gasteiger partial charge in [0.2, 0.25) is 0 Å². The highest BCUT2D eigenvalue weighted by Crippen LogP contribution is 2.21. The lowest BCUT2D eigenvalue weighted by Gasteiger charge is -2.17. The van der Waals surface area contributed by atoms with Gasteiger partial charge in [-0.2, -0.15) is 0 Å². The van der Waals surface area contributed by atoms with Crippen LogP contribution in [0.3, 0.4) is 0 Å². The number of unbranched alkanes of at least 4 members (excludes halogenated alkanes) is 2. The second-order valence-corrected chi connectivity index (χ2v) is 6.26. The number of Topliss-reactive ketones (excluding diaryl/α,β-unsaturated/α-hetero) is 1. The fourth-order valence-corrected chi connectivity index (χ4v) is 2.86. The molecule has 1 aromatic heterocycles. The largest absolute Gasteiger partial charge is 0.493 e. The molecule has 0 spiro atoms. The van der Waals surface area contributed by atoms with Gasteiger partial charge in [-0.3, -0.25) is 4.79 Å². The standard InChI is InChI=1S/C20H28N2O4/c1-4-22(5-2)11-7-6-8-12-25-17-10-9-16-13-18(15(3)23)20(21-24)26-19(16)14-17/h9-10,13-14,24H,4-8,11-12H2,1-3H3. The van der Waals surface area contributed by atoms with Crippen molar-refractivity contribution in [2.45, 2.75) is 40.0 Å². The van der Waals surface area contributed by atoms with E-state index in [0.29, 0.717) is 17.9 Å². The van der Waals surface area contributed by atoms with Gasteiger partial charge in [-0.15, -0.1) is 0 Å². The van der Waals surface area contributed by atoms with E-state index in [2.05, 4.69) is 23.9 Å². The number of carbonyl (C=O) groups excluding carboxylic acids is 1. The Labute approximate surface area is 154 Å². The summed E-state index contributed by atoms with van der Waals surface area (Å²) >= 11 is 0. The van der Waals surface area contributed by atoms with Gasteiger partial charge in [-0.1, -0.05) is 13.8 Å². The van der Waals surface area contributed by atoms with E-state index in [1.807, 2.05) is 12.1 Å². The topological polar surface area (TPSA) is 75.3 Å². The second-order valence-electron chi connectivity index (χ2n) is 6.26. The molecule has 1 heterocycles. The normalized spacial score (nSPS) is 12.1. The molecule has 0 saturated carbocycles. The van der Waals surface area contributed by atoms with Crippen molar-refractivity contribution in [3.05, 3.63) is 35.4 Å². The summed E-state index contributed by atoms with van der Waals surface area (Å²) in [6.07, 6.45) is 3.30. The number of fused-ring (bicyclic) bond motifs is 1. The minimum absolute atomic E-state index is 0.0847. The minimum Gasteiger partial charge on any atom is -0.493 e. The molecule has 0 radical (unpaired) electrons. The van der Waals surface area contributed by atoms with Crippen molar-refractivity contribution >= 4 is 16.8 Å². The average molecular weight is 360 g/mol. The number of hydrogen-bond donors (Lipinski definition) is 1. The smallest absolute Gasteiger partial charge is 0.266 e. The molecular formula is C20H28N2O4. The molecule has 0 unspecified atom stereocenters. The van der Waals surface area contributed by atoms with Crippen LogP contribution in [0.15, 0.2) is 33.8 Å². The van der Waals surface area contributed by atoms with Gasteiger partial charge < -0.3 is 19.3 Å². The molecule has 2 aromatic rings. The highest BCUT2D eigenvalue weighted by atomic mass is 16.5. The van der Waals surface area contributed by atoms with Crippen LogP contribution in [0.5, 0.6) is 5.75 Å². The maximum Gasteiger partial charge on any atom is 0.266 e. The average Bonchev–Trinajstić information content (AvgIpc) is 2.66. The third kappa shape index (κ3) is 5.33. The van der Waals surface area contributed by atoms with Gasteiger partial charge in [0.15, 0.2) is 5.78 Å². The molecule has 142 valence electrons. The van der Waals surface area contributed by atoms with Gasteiger partial charge in [-0.05, 0) is 69.2 Å². The molecule has 0 aliphatic carbocycles. The summed E-state index contributed by atoms with van der Waals surface area (Å²) in [5.74, 6) is 0.484. The number of hydrogen-bond acceptors (Lipinski definition) is 6. The first-order chi connectivity index (χ1) is 12.6. The van der Waals surface area contributed by atoms with Crippen molar-refractivity contribution in [3.8, 4) is 5.75 Å². The summed E-state index contributed by atoms with van der Waals surface area (Å²) in [5.41, 5.74) is 0.683. The van der Waals surface area contributed by atoms with E-state index >= 15 is 0 Å². The number of ketones is 1. The van der Waals surface area contributed by atoms with Crippen molar-refractivity contribution in [3.63, 3.8) is 0 Å². The van der Waals surface area contributed by atoms with E-state index in [-0.39, 0.29) is 16.9 Å². The lowest BCUT2D eigenvalue weighted by Crippen LogP contribution is -2.23. The summed E-state index contributed by atoms with van der Waals surface area (Å²) < 4.78 is 11.3. The molecule has 0 bridgehead atoms. The first kappa shape index (κ1) is 20.0. The zero-order valence-electron chi connectivity index (χ0n) is 15.8. The highest BCUT2D eigenvalue weighted by molar-refractivity contribution is 5.96. The van der Waals surface area contributed by atoms with Crippen LogP contribution in [-0.4, -0.2) is 42.1 Å². The number of rotatable bonds is 10. The van der Waals surface area contributed by atoms with Crippen LogP contribution < -0.4 is 10.3 Å². The van der Waals surface area contributed by atoms with Crippen LogP contribution in [0.25, 0.3) is 11.0 Å². The molecule has 0 fully saturated rings. The Hall–Kier alpha value is -2.34. The van der Waals surface area contributed by atoms with Crippen LogP contribution in [0.4, 0.5) is 0 Å². The monoisotopic (exact) mass is 360 g/mol. The van der Waals surface area contributed by atoms with E-state index in [9.17, 15) is 4.79 Å². The van der Waals surface area contributed by atoms with Crippen molar-refractivity contribution < 1.29 is 19.2 Å². The Balaban J connectivity index is 1.93. The fraction of sp³-hybridized carbons (Fsp3) is 0.500. The summed E-state index contributed by atoms with van der Waals surface area (Å²) in [6.45, 7) is 9.75. The van der Waals surface area contributed by atoms with E-state index < -0.39 is 0 Å². The molecular weight excluding hydrogens is 332 g/mol. The molecule has 6 heteroatoms. The van der Waals surface area contributed by atoms with Gasteiger partial charge in [0, 0.05) is 11.5 Å². The van der Waals surface area contributed by atoms with Gasteiger partial charge in [0.25, 0.3) is 5.55 Å². The molecule has 0 amide bonds. The Morgan fingerprint density at radius 3 is 2.62 bits per heavy atom. The van der Waals surface area contributed by atoms with E-state index in [0.717, 1.165) is 37.9 Å². The van der Waals surface area contributed by atoms with Crippen LogP contribution in [0, 0.1) is 0 Å². The third-order valence-electron chi connectivity index (χ3n) is 4.47. The maximum atomic E-state index is 11.6. The van der Waals surface area contributed by atoms with Crippen LogP contribution >= 0.6 is 0 Å². The molecule has 26 heavy (non-hydrogen) atoms. The summed E-state index contributed by atoms with van der Waals surface area (Å²) in [7, 11) is 0. The first-order valence-corrected chi connectivity index (χ1v) is 9.21. The molecule has 0 atom stereocenters. The molecule has 0 saturated heterocycles. The molecule has 1 N–H and O–H groups in total. The van der Waals surface area contributed by atoms with E-state index in [4.69, 9.17) is 14.4 Å². The number of benzene rings is 1. The van der Waals surface area contributed by atoms with Crippen molar-refractivity contribution in [2.24, 2.45) is 5.16 Å². The summed E-state index contributed by atoms with van der Waals surface area (Å²) in [4.78, 5) is 14.0. The Bertz CT molecular complexity index is 794. The molecule has 2 rings (SSSR count). The van der Waals surface area contributed by atoms with Crippen LogP contribution in [0.1, 0.15) is 50.4 Å². The Morgan fingerprint density at radius 2 is 1.96 bits per heavy atom. The molecule has 0 aliphatic rings. The minimum atomic E-state index is -0.214. The molecule has 0 aliphatic heterocycles. The van der Waals surface area contributed by atoms with Crippen molar-refractivity contribution in [1.29, 1.82) is 0 Å². The fourth-order valence-electron chi connectivity index (χ4n) is 2.86. The predicted octanol–water partition coefficient (Wildman–Crippen LogP) is 3.82. The predicted molar refractivity (Wildman–Crippen MR) is 101 cm³/mol. The zero-order chi connectivity index (χ0) is 18.9. The van der Waals surface area contributed by atoms with E-state index in [1.165, 1.54) is 13.3 Å². The Kier molecular flexibility index (Phi) is 7.66.